The van der Waals surface area contributed by atoms with Crippen LogP contribution in [0.25, 0.3) is 0 Å². The van der Waals surface area contributed by atoms with E-state index in [1.165, 1.54) is 49.0 Å². The van der Waals surface area contributed by atoms with Gasteiger partial charge in [0.1, 0.15) is 0 Å². The van der Waals surface area contributed by atoms with Crippen LogP contribution < -0.4 is 5.32 Å². The van der Waals surface area contributed by atoms with E-state index >= 15 is 0 Å². The van der Waals surface area contributed by atoms with Gasteiger partial charge in [-0.2, -0.15) is 0 Å². The predicted octanol–water partition coefficient (Wildman–Crippen LogP) is 3.83. The van der Waals surface area contributed by atoms with E-state index in [1.54, 1.807) is 0 Å². The van der Waals surface area contributed by atoms with Gasteiger partial charge in [0.2, 0.25) is 0 Å². The third-order valence-electron chi connectivity index (χ3n) is 4.45. The van der Waals surface area contributed by atoms with E-state index in [0.29, 0.717) is 12.1 Å². The Bertz CT molecular complexity index is 401. The minimum atomic E-state index is 0.512. The lowest BCUT2D eigenvalue weighted by molar-refractivity contribution is 0.120. The molecule has 0 spiro atoms. The van der Waals surface area contributed by atoms with E-state index in [9.17, 15) is 0 Å². The molecule has 112 valence electrons. The largest absolute Gasteiger partial charge is 0.315 e. The van der Waals surface area contributed by atoms with Crippen LogP contribution in [0.5, 0.6) is 0 Å². The molecule has 1 aromatic rings. The van der Waals surface area contributed by atoms with Gasteiger partial charge in [-0.15, -0.1) is 0 Å². The van der Waals surface area contributed by atoms with Gasteiger partial charge in [-0.1, -0.05) is 36.2 Å². The lowest BCUT2D eigenvalue weighted by Gasteiger charge is -2.39. The summed E-state index contributed by atoms with van der Waals surface area (Å²) in [5.41, 5.74) is 4.23. The van der Waals surface area contributed by atoms with E-state index in [2.05, 4.69) is 56.1 Å². The Kier molecular flexibility index (Phi) is 5.62. The molecular formula is C18H30N2. The molecule has 0 bridgehead atoms. The average Bonchev–Trinajstić information content (AvgIpc) is 2.44. The lowest BCUT2D eigenvalue weighted by atomic mass is 9.97. The van der Waals surface area contributed by atoms with Crippen LogP contribution in [0.3, 0.4) is 0 Å². The van der Waals surface area contributed by atoms with Crippen molar-refractivity contribution >= 4 is 0 Å². The number of piperidine rings is 1. The van der Waals surface area contributed by atoms with E-state index in [4.69, 9.17) is 0 Å². The van der Waals surface area contributed by atoms with Gasteiger partial charge in [0.15, 0.2) is 0 Å². The van der Waals surface area contributed by atoms with Gasteiger partial charge >= 0.3 is 0 Å². The van der Waals surface area contributed by atoms with Gasteiger partial charge in [-0.05, 0) is 58.7 Å². The molecule has 1 aliphatic rings. The Morgan fingerprint density at radius 3 is 2.50 bits per heavy atom. The first-order valence-corrected chi connectivity index (χ1v) is 8.16. The Labute approximate surface area is 124 Å². The van der Waals surface area contributed by atoms with Crippen molar-refractivity contribution in [3.05, 3.63) is 34.9 Å². The maximum atomic E-state index is 3.56. The van der Waals surface area contributed by atoms with E-state index in [-0.39, 0.29) is 0 Å². The minimum absolute atomic E-state index is 0.512. The highest BCUT2D eigenvalue weighted by Gasteiger charge is 2.25. The second-order valence-corrected chi connectivity index (χ2v) is 6.34. The summed E-state index contributed by atoms with van der Waals surface area (Å²) in [7, 11) is 0. The molecule has 2 rings (SSSR count). The topological polar surface area (TPSA) is 15.3 Å². The molecule has 0 saturated carbocycles. The lowest BCUT2D eigenvalue weighted by Crippen LogP contribution is -2.47. The zero-order valence-corrected chi connectivity index (χ0v) is 13.6. The summed E-state index contributed by atoms with van der Waals surface area (Å²) >= 11 is 0. The number of hydrogen-bond donors (Lipinski definition) is 1. The van der Waals surface area contributed by atoms with Crippen molar-refractivity contribution in [2.45, 2.75) is 59.0 Å². The van der Waals surface area contributed by atoms with E-state index in [1.807, 2.05) is 0 Å². The number of benzene rings is 1. The van der Waals surface area contributed by atoms with Crippen molar-refractivity contribution in [1.82, 2.24) is 10.2 Å². The Hall–Kier alpha value is -0.860. The first kappa shape index (κ1) is 15.5. The monoisotopic (exact) mass is 274 g/mol. The molecular weight excluding hydrogens is 244 g/mol. The SMILES string of the molecule is CCCN(C1CCCNC1)C(C)c1cc(C)cc(C)c1. The molecule has 1 aromatic carbocycles. The van der Waals surface area contributed by atoms with Crippen LogP contribution in [0.15, 0.2) is 18.2 Å². The molecule has 1 heterocycles. The Balaban J connectivity index is 2.18. The number of nitrogens with zero attached hydrogens (tertiary/aromatic N) is 1. The summed E-state index contributed by atoms with van der Waals surface area (Å²) in [6.45, 7) is 12.6. The standard InChI is InChI=1S/C18H30N2/c1-5-9-20(18-7-6-8-19-13-18)16(4)17-11-14(2)10-15(3)12-17/h10-12,16,18-19H,5-9,13H2,1-4H3. The van der Waals surface area contributed by atoms with Crippen LogP contribution in [-0.4, -0.2) is 30.6 Å². The average molecular weight is 274 g/mol. The molecule has 1 saturated heterocycles. The fourth-order valence-corrected chi connectivity index (χ4v) is 3.51. The number of nitrogens with one attached hydrogen (secondary N) is 1. The third-order valence-corrected chi connectivity index (χ3v) is 4.45. The van der Waals surface area contributed by atoms with Gasteiger partial charge in [-0.3, -0.25) is 4.90 Å². The Morgan fingerprint density at radius 2 is 1.95 bits per heavy atom. The second kappa shape index (κ2) is 7.24. The molecule has 0 radical (unpaired) electrons. The van der Waals surface area contributed by atoms with Gasteiger partial charge in [0.05, 0.1) is 0 Å². The Morgan fingerprint density at radius 1 is 1.25 bits per heavy atom. The molecule has 1 fully saturated rings. The smallest absolute Gasteiger partial charge is 0.0323 e. The first-order valence-electron chi connectivity index (χ1n) is 8.16. The predicted molar refractivity (Wildman–Crippen MR) is 87.2 cm³/mol. The maximum absolute atomic E-state index is 3.56. The van der Waals surface area contributed by atoms with Crippen molar-refractivity contribution in [3.63, 3.8) is 0 Å². The van der Waals surface area contributed by atoms with Crippen LogP contribution in [0.2, 0.25) is 0 Å². The molecule has 1 N–H and O–H groups in total. The maximum Gasteiger partial charge on any atom is 0.0323 e. The summed E-state index contributed by atoms with van der Waals surface area (Å²) in [6.07, 6.45) is 3.87. The van der Waals surface area contributed by atoms with Crippen LogP contribution in [-0.2, 0) is 0 Å². The molecule has 2 atom stereocenters. The summed E-state index contributed by atoms with van der Waals surface area (Å²) in [4.78, 5) is 2.71. The first-order chi connectivity index (χ1) is 9.61. The zero-order chi connectivity index (χ0) is 14.5. The number of rotatable bonds is 5. The summed E-state index contributed by atoms with van der Waals surface area (Å²) in [6, 6.07) is 8.19. The van der Waals surface area contributed by atoms with Gasteiger partial charge in [-0.25, -0.2) is 0 Å². The fraction of sp³-hybridized carbons (Fsp3) is 0.667. The minimum Gasteiger partial charge on any atom is -0.315 e. The highest BCUT2D eigenvalue weighted by molar-refractivity contribution is 5.30. The van der Waals surface area contributed by atoms with Crippen molar-refractivity contribution in [2.75, 3.05) is 19.6 Å². The fourth-order valence-electron chi connectivity index (χ4n) is 3.51. The van der Waals surface area contributed by atoms with Crippen LogP contribution in [0, 0.1) is 13.8 Å². The zero-order valence-electron chi connectivity index (χ0n) is 13.6. The molecule has 20 heavy (non-hydrogen) atoms. The van der Waals surface area contributed by atoms with Crippen molar-refractivity contribution < 1.29 is 0 Å². The highest BCUT2D eigenvalue weighted by Crippen LogP contribution is 2.26. The van der Waals surface area contributed by atoms with Crippen LogP contribution in [0.1, 0.15) is 55.8 Å². The van der Waals surface area contributed by atoms with Crippen LogP contribution >= 0.6 is 0 Å². The van der Waals surface area contributed by atoms with Crippen molar-refractivity contribution in [2.24, 2.45) is 0 Å². The molecule has 1 aliphatic heterocycles. The molecule has 2 heteroatoms. The molecule has 0 aliphatic carbocycles. The number of hydrogen-bond acceptors (Lipinski definition) is 2. The van der Waals surface area contributed by atoms with Gasteiger partial charge in [0, 0.05) is 18.6 Å². The van der Waals surface area contributed by atoms with Gasteiger partial charge in [0.25, 0.3) is 0 Å². The second-order valence-electron chi connectivity index (χ2n) is 6.34. The number of aryl methyl sites for hydroxylation is 2. The van der Waals surface area contributed by atoms with E-state index in [0.717, 1.165) is 6.54 Å². The summed E-state index contributed by atoms with van der Waals surface area (Å²) in [5.74, 6) is 0. The molecule has 0 amide bonds. The summed E-state index contributed by atoms with van der Waals surface area (Å²) < 4.78 is 0. The quantitative estimate of drug-likeness (QED) is 0.878. The third kappa shape index (κ3) is 3.83. The normalized spacial score (nSPS) is 21.1. The highest BCUT2D eigenvalue weighted by atomic mass is 15.2. The van der Waals surface area contributed by atoms with Gasteiger partial charge < -0.3 is 5.32 Å². The molecule has 2 nitrogen and oxygen atoms in total. The van der Waals surface area contributed by atoms with E-state index < -0.39 is 0 Å². The van der Waals surface area contributed by atoms with Crippen LogP contribution in [0.4, 0.5) is 0 Å². The van der Waals surface area contributed by atoms with Crippen molar-refractivity contribution in [3.8, 4) is 0 Å². The molecule has 0 aromatic heterocycles. The van der Waals surface area contributed by atoms with Crippen molar-refractivity contribution in [1.29, 1.82) is 0 Å². The summed E-state index contributed by atoms with van der Waals surface area (Å²) in [5, 5.41) is 3.56. The molecule has 2 unspecified atom stereocenters.